The maximum absolute atomic E-state index is 11.6. The molecule has 0 bridgehead atoms. The van der Waals surface area contributed by atoms with Crippen molar-refractivity contribution >= 4 is 22.4 Å². The molecule has 0 aliphatic heterocycles. The van der Waals surface area contributed by atoms with Crippen molar-refractivity contribution in [2.45, 2.75) is 20.1 Å². The number of carbonyl (C=O) groups excluding carboxylic acids is 1. The first kappa shape index (κ1) is 11.6. The second-order valence-corrected chi connectivity index (χ2v) is 4.42. The van der Waals surface area contributed by atoms with Gasteiger partial charge in [-0.25, -0.2) is 4.68 Å². The van der Waals surface area contributed by atoms with Crippen molar-refractivity contribution in [2.24, 2.45) is 0 Å². The zero-order chi connectivity index (χ0) is 12.3. The fraction of sp³-hybridized carbons (Fsp3) is 0.375. The van der Waals surface area contributed by atoms with Crippen LogP contribution in [0.5, 0.6) is 0 Å². The predicted octanol–water partition coefficient (Wildman–Crippen LogP) is -0.431. The molecular formula is C8H10N6O2S. The van der Waals surface area contributed by atoms with Crippen molar-refractivity contribution in [3.8, 4) is 0 Å². The number of aromatic nitrogens is 5. The van der Waals surface area contributed by atoms with Crippen molar-refractivity contribution in [2.75, 3.05) is 5.32 Å². The molecule has 0 aliphatic carbocycles. The Kier molecular flexibility index (Phi) is 3.40. The van der Waals surface area contributed by atoms with Gasteiger partial charge < -0.3 is 5.11 Å². The SMILES string of the molecule is Cc1nnc(NC(=O)Cn2cc(CO)nn2)s1. The second kappa shape index (κ2) is 4.97. The molecule has 8 nitrogen and oxygen atoms in total. The van der Waals surface area contributed by atoms with Crippen molar-refractivity contribution in [1.82, 2.24) is 25.2 Å². The Balaban J connectivity index is 1.93. The molecule has 0 saturated carbocycles. The maximum Gasteiger partial charge on any atom is 0.247 e. The highest BCUT2D eigenvalue weighted by Crippen LogP contribution is 2.13. The lowest BCUT2D eigenvalue weighted by atomic mass is 10.5. The molecule has 0 atom stereocenters. The zero-order valence-corrected chi connectivity index (χ0v) is 9.81. The van der Waals surface area contributed by atoms with E-state index >= 15 is 0 Å². The summed E-state index contributed by atoms with van der Waals surface area (Å²) in [5, 5.41) is 27.5. The molecule has 0 radical (unpaired) electrons. The Bertz CT molecular complexity index is 522. The summed E-state index contributed by atoms with van der Waals surface area (Å²) in [5.41, 5.74) is 0.421. The summed E-state index contributed by atoms with van der Waals surface area (Å²) in [7, 11) is 0. The first-order chi connectivity index (χ1) is 8.17. The zero-order valence-electron chi connectivity index (χ0n) is 8.99. The topological polar surface area (TPSA) is 106 Å². The molecule has 1 amide bonds. The second-order valence-electron chi connectivity index (χ2n) is 3.24. The van der Waals surface area contributed by atoms with Crippen LogP contribution in [-0.2, 0) is 17.9 Å². The average Bonchev–Trinajstić information content (AvgIpc) is 2.88. The molecule has 2 rings (SSSR count). The third-order valence-electron chi connectivity index (χ3n) is 1.83. The standard InChI is InChI=1S/C8H10N6O2S/c1-5-10-12-8(17-5)9-7(16)3-14-2-6(4-15)11-13-14/h2,15H,3-4H2,1H3,(H,9,12,16). The Morgan fingerprint density at radius 1 is 1.53 bits per heavy atom. The van der Waals surface area contributed by atoms with E-state index < -0.39 is 0 Å². The van der Waals surface area contributed by atoms with Crippen LogP contribution in [0.1, 0.15) is 10.7 Å². The van der Waals surface area contributed by atoms with Crippen LogP contribution in [0, 0.1) is 6.92 Å². The number of aliphatic hydroxyl groups is 1. The van der Waals surface area contributed by atoms with Gasteiger partial charge in [0, 0.05) is 0 Å². The van der Waals surface area contributed by atoms with Gasteiger partial charge in [-0.05, 0) is 6.92 Å². The van der Waals surface area contributed by atoms with Crippen LogP contribution in [-0.4, -0.2) is 36.2 Å². The van der Waals surface area contributed by atoms with Gasteiger partial charge in [0.2, 0.25) is 11.0 Å². The monoisotopic (exact) mass is 254 g/mol. The number of amides is 1. The van der Waals surface area contributed by atoms with Gasteiger partial charge in [0.05, 0.1) is 12.8 Å². The van der Waals surface area contributed by atoms with Crippen molar-refractivity contribution in [3.63, 3.8) is 0 Å². The quantitative estimate of drug-likeness (QED) is 0.766. The first-order valence-electron chi connectivity index (χ1n) is 4.77. The van der Waals surface area contributed by atoms with Gasteiger partial charge in [0.15, 0.2) is 0 Å². The summed E-state index contributed by atoms with van der Waals surface area (Å²) < 4.78 is 1.34. The average molecular weight is 254 g/mol. The van der Waals surface area contributed by atoms with E-state index in [1.807, 2.05) is 0 Å². The summed E-state index contributed by atoms with van der Waals surface area (Å²) >= 11 is 1.30. The lowest BCUT2D eigenvalue weighted by Gasteiger charge is -1.99. The molecule has 0 unspecified atom stereocenters. The minimum atomic E-state index is -0.268. The van der Waals surface area contributed by atoms with Gasteiger partial charge in [-0.15, -0.1) is 15.3 Å². The number of aliphatic hydroxyl groups excluding tert-OH is 1. The molecule has 0 spiro atoms. The summed E-state index contributed by atoms with van der Waals surface area (Å²) in [4.78, 5) is 11.6. The van der Waals surface area contributed by atoms with Crippen LogP contribution in [0.3, 0.4) is 0 Å². The van der Waals surface area contributed by atoms with E-state index in [9.17, 15) is 4.79 Å². The molecular weight excluding hydrogens is 244 g/mol. The number of anilines is 1. The summed E-state index contributed by atoms with van der Waals surface area (Å²) in [6, 6.07) is 0. The van der Waals surface area contributed by atoms with Crippen LogP contribution in [0.25, 0.3) is 0 Å². The highest BCUT2D eigenvalue weighted by atomic mass is 32.1. The number of rotatable bonds is 4. The van der Waals surface area contributed by atoms with Crippen LogP contribution >= 0.6 is 11.3 Å². The van der Waals surface area contributed by atoms with Gasteiger partial charge in [-0.3, -0.25) is 10.1 Å². The van der Waals surface area contributed by atoms with E-state index in [2.05, 4.69) is 25.8 Å². The number of carbonyl (C=O) groups is 1. The minimum absolute atomic E-state index is 0.0195. The molecule has 2 heterocycles. The molecule has 2 N–H and O–H groups in total. The van der Waals surface area contributed by atoms with Crippen LogP contribution in [0.15, 0.2) is 6.20 Å². The third-order valence-corrected chi connectivity index (χ3v) is 2.58. The molecule has 17 heavy (non-hydrogen) atoms. The van der Waals surface area contributed by atoms with E-state index in [4.69, 9.17) is 5.11 Å². The van der Waals surface area contributed by atoms with E-state index in [-0.39, 0.29) is 19.1 Å². The van der Waals surface area contributed by atoms with Crippen molar-refractivity contribution < 1.29 is 9.90 Å². The normalized spacial score (nSPS) is 10.5. The van der Waals surface area contributed by atoms with Gasteiger partial charge in [-0.2, -0.15) is 0 Å². The lowest BCUT2D eigenvalue weighted by Crippen LogP contribution is -2.19. The lowest BCUT2D eigenvalue weighted by molar-refractivity contribution is -0.116. The van der Waals surface area contributed by atoms with E-state index in [0.29, 0.717) is 10.8 Å². The maximum atomic E-state index is 11.6. The van der Waals surface area contributed by atoms with Crippen molar-refractivity contribution in [3.05, 3.63) is 16.9 Å². The number of nitrogens with one attached hydrogen (secondary N) is 1. The summed E-state index contributed by atoms with van der Waals surface area (Å²) in [5.74, 6) is -0.268. The Morgan fingerprint density at radius 2 is 2.35 bits per heavy atom. The molecule has 0 aromatic carbocycles. The summed E-state index contributed by atoms with van der Waals surface area (Å²) in [6.07, 6.45) is 1.50. The van der Waals surface area contributed by atoms with Gasteiger partial charge in [0.1, 0.15) is 17.2 Å². The molecule has 9 heteroatoms. The molecule has 0 saturated heterocycles. The predicted molar refractivity (Wildman–Crippen MR) is 59.2 cm³/mol. The molecule has 0 fully saturated rings. The largest absolute Gasteiger partial charge is 0.390 e. The van der Waals surface area contributed by atoms with Crippen molar-refractivity contribution in [1.29, 1.82) is 0 Å². The number of hydrogen-bond donors (Lipinski definition) is 2. The van der Waals surface area contributed by atoms with E-state index in [1.54, 1.807) is 6.92 Å². The highest BCUT2D eigenvalue weighted by molar-refractivity contribution is 7.15. The summed E-state index contributed by atoms with van der Waals surface area (Å²) in [6.45, 7) is 1.63. The smallest absolute Gasteiger partial charge is 0.247 e. The van der Waals surface area contributed by atoms with Gasteiger partial charge in [-0.1, -0.05) is 16.6 Å². The van der Waals surface area contributed by atoms with Crippen LogP contribution in [0.4, 0.5) is 5.13 Å². The minimum Gasteiger partial charge on any atom is -0.390 e. The number of aryl methyl sites for hydroxylation is 1. The van der Waals surface area contributed by atoms with Crippen LogP contribution in [0.2, 0.25) is 0 Å². The van der Waals surface area contributed by atoms with E-state index in [1.165, 1.54) is 22.2 Å². The molecule has 0 aliphatic rings. The first-order valence-corrected chi connectivity index (χ1v) is 5.59. The van der Waals surface area contributed by atoms with Crippen LogP contribution < -0.4 is 5.32 Å². The highest BCUT2D eigenvalue weighted by Gasteiger charge is 2.08. The molecule has 90 valence electrons. The Labute approximate surface area is 100 Å². The van der Waals surface area contributed by atoms with Gasteiger partial charge >= 0.3 is 0 Å². The fourth-order valence-corrected chi connectivity index (χ4v) is 1.75. The number of nitrogens with zero attached hydrogens (tertiary/aromatic N) is 5. The Morgan fingerprint density at radius 3 is 2.94 bits per heavy atom. The molecule has 2 aromatic heterocycles. The van der Waals surface area contributed by atoms with E-state index in [0.717, 1.165) is 5.01 Å². The number of hydrogen-bond acceptors (Lipinski definition) is 7. The molecule has 2 aromatic rings. The Hall–Kier alpha value is -1.87. The third kappa shape index (κ3) is 3.04. The van der Waals surface area contributed by atoms with Gasteiger partial charge in [0.25, 0.3) is 0 Å². The fourth-order valence-electron chi connectivity index (χ4n) is 1.14.